The second kappa shape index (κ2) is 5.53. The van der Waals surface area contributed by atoms with Gasteiger partial charge >= 0.3 is 5.97 Å². The Labute approximate surface area is 91.1 Å². The normalized spacial score (nSPS) is 36.2. The number of carboxylic acid groups (broad SMARTS) is 1. The Bertz CT molecular complexity index is 249. The fourth-order valence-electron chi connectivity index (χ4n) is 1.44. The van der Waals surface area contributed by atoms with E-state index in [9.17, 15) is 15.0 Å². The van der Waals surface area contributed by atoms with Crippen molar-refractivity contribution in [1.82, 2.24) is 5.32 Å². The lowest BCUT2D eigenvalue weighted by Gasteiger charge is -2.20. The summed E-state index contributed by atoms with van der Waals surface area (Å²) in [5.41, 5.74) is 0. The van der Waals surface area contributed by atoms with Crippen LogP contribution in [-0.4, -0.2) is 75.3 Å². The molecule has 0 aromatic rings. The summed E-state index contributed by atoms with van der Waals surface area (Å²) < 4.78 is 4.98. The predicted molar refractivity (Wildman–Crippen MR) is 49.4 cm³/mol. The van der Waals surface area contributed by atoms with Crippen molar-refractivity contribution >= 4 is 5.97 Å². The molecule has 1 aliphatic heterocycles. The highest BCUT2D eigenvalue weighted by molar-refractivity contribution is 5.73. The average molecular weight is 237 g/mol. The zero-order valence-corrected chi connectivity index (χ0v) is 8.35. The largest absolute Gasteiger partial charge is 0.480 e. The number of carboxylic acids is 1. The first kappa shape index (κ1) is 13.3. The third-order valence-corrected chi connectivity index (χ3v) is 2.39. The Morgan fingerprint density at radius 1 is 1.31 bits per heavy atom. The molecule has 8 nitrogen and oxygen atoms in total. The lowest BCUT2D eigenvalue weighted by molar-refractivity contribution is -0.142. The monoisotopic (exact) mass is 237 g/mol. The zero-order chi connectivity index (χ0) is 12.3. The van der Waals surface area contributed by atoms with Gasteiger partial charge in [0.15, 0.2) is 0 Å². The third kappa shape index (κ3) is 2.67. The summed E-state index contributed by atoms with van der Waals surface area (Å²) in [4.78, 5) is 10.6. The van der Waals surface area contributed by atoms with Crippen LogP contribution < -0.4 is 5.32 Å². The minimum absolute atomic E-state index is 0.493. The van der Waals surface area contributed by atoms with Crippen molar-refractivity contribution in [3.63, 3.8) is 0 Å². The molecule has 0 aliphatic carbocycles. The van der Waals surface area contributed by atoms with E-state index in [1.165, 1.54) is 0 Å². The molecular weight excluding hydrogens is 222 g/mol. The van der Waals surface area contributed by atoms with Crippen molar-refractivity contribution in [2.45, 2.75) is 30.6 Å². The van der Waals surface area contributed by atoms with Crippen LogP contribution in [0.1, 0.15) is 0 Å². The minimum atomic E-state index is -1.36. The molecule has 0 saturated carbocycles. The molecule has 0 unspecified atom stereocenters. The third-order valence-electron chi connectivity index (χ3n) is 2.39. The van der Waals surface area contributed by atoms with Gasteiger partial charge in [-0.1, -0.05) is 0 Å². The minimum Gasteiger partial charge on any atom is -0.480 e. The number of aliphatic hydroxyl groups excluding tert-OH is 4. The van der Waals surface area contributed by atoms with E-state index in [1.807, 2.05) is 0 Å². The number of ether oxygens (including phenoxy) is 1. The number of rotatable bonds is 5. The number of carbonyl (C=O) groups is 1. The number of hydrogen-bond donors (Lipinski definition) is 6. The molecule has 94 valence electrons. The summed E-state index contributed by atoms with van der Waals surface area (Å²) in [7, 11) is 0. The Morgan fingerprint density at radius 3 is 2.31 bits per heavy atom. The van der Waals surface area contributed by atoms with Crippen LogP contribution in [0.3, 0.4) is 0 Å². The Hall–Kier alpha value is -0.770. The highest BCUT2D eigenvalue weighted by Crippen LogP contribution is 2.19. The molecule has 5 atom stereocenters. The molecule has 0 aromatic heterocycles. The van der Waals surface area contributed by atoms with Crippen molar-refractivity contribution in [3.8, 4) is 0 Å². The molecule has 1 fully saturated rings. The van der Waals surface area contributed by atoms with E-state index in [0.717, 1.165) is 0 Å². The lowest BCUT2D eigenvalue weighted by atomic mass is 10.1. The van der Waals surface area contributed by atoms with Crippen molar-refractivity contribution in [2.24, 2.45) is 0 Å². The van der Waals surface area contributed by atoms with Gasteiger partial charge in [-0.25, -0.2) is 0 Å². The molecule has 8 heteroatoms. The van der Waals surface area contributed by atoms with Crippen molar-refractivity contribution in [3.05, 3.63) is 0 Å². The second-order valence-corrected chi connectivity index (χ2v) is 3.50. The molecule has 0 amide bonds. The van der Waals surface area contributed by atoms with E-state index in [4.69, 9.17) is 20.1 Å². The second-order valence-electron chi connectivity index (χ2n) is 3.50. The smallest absolute Gasteiger partial charge is 0.323 e. The molecule has 16 heavy (non-hydrogen) atoms. The van der Waals surface area contributed by atoms with Gasteiger partial charge in [0.25, 0.3) is 0 Å². The Kier molecular flexibility index (Phi) is 4.59. The predicted octanol–water partition coefficient (Wildman–Crippen LogP) is -3.54. The molecule has 6 N–H and O–H groups in total. The van der Waals surface area contributed by atoms with Crippen LogP contribution in [0.2, 0.25) is 0 Å². The first-order valence-corrected chi connectivity index (χ1v) is 4.73. The maximum atomic E-state index is 10.6. The van der Waals surface area contributed by atoms with Gasteiger partial charge in [0.2, 0.25) is 0 Å². The van der Waals surface area contributed by atoms with Crippen molar-refractivity contribution in [2.75, 3.05) is 13.2 Å². The van der Waals surface area contributed by atoms with Gasteiger partial charge in [-0.15, -0.1) is 0 Å². The number of aliphatic carboxylic acids is 1. The van der Waals surface area contributed by atoms with E-state index >= 15 is 0 Å². The van der Waals surface area contributed by atoms with Crippen molar-refractivity contribution in [1.29, 1.82) is 0 Å². The van der Waals surface area contributed by atoms with E-state index in [0.29, 0.717) is 0 Å². The molecule has 1 rings (SSSR count). The molecule has 0 spiro atoms. The van der Waals surface area contributed by atoms with Crippen molar-refractivity contribution < 1.29 is 35.1 Å². The maximum Gasteiger partial charge on any atom is 0.323 e. The molecule has 0 aromatic carbocycles. The summed E-state index contributed by atoms with van der Waals surface area (Å²) in [5.74, 6) is -1.31. The SMILES string of the molecule is O=C(O)[C@H](CO)N[C@H]1O[C@@H](CO)[C@H](O)[C@H]1O. The fourth-order valence-corrected chi connectivity index (χ4v) is 1.44. The van der Waals surface area contributed by atoms with Crippen LogP contribution >= 0.6 is 0 Å². The first-order chi connectivity index (χ1) is 7.51. The zero-order valence-electron chi connectivity index (χ0n) is 8.35. The summed E-state index contributed by atoms with van der Waals surface area (Å²) in [6.07, 6.45) is -4.76. The molecule has 1 heterocycles. The van der Waals surface area contributed by atoms with Gasteiger partial charge in [0.1, 0.15) is 30.6 Å². The molecule has 0 bridgehead atoms. The first-order valence-electron chi connectivity index (χ1n) is 4.73. The quantitative estimate of drug-likeness (QED) is 0.289. The highest BCUT2D eigenvalue weighted by Gasteiger charge is 2.43. The molecule has 0 radical (unpaired) electrons. The van der Waals surface area contributed by atoms with Crippen LogP contribution in [0.25, 0.3) is 0 Å². The van der Waals surface area contributed by atoms with Gasteiger partial charge in [-0.3, -0.25) is 10.1 Å². The van der Waals surface area contributed by atoms with Crippen LogP contribution in [0.5, 0.6) is 0 Å². The fraction of sp³-hybridized carbons (Fsp3) is 0.875. The summed E-state index contributed by atoms with van der Waals surface area (Å²) in [5, 5.41) is 47.3. The van der Waals surface area contributed by atoms with Gasteiger partial charge in [0.05, 0.1) is 13.2 Å². The maximum absolute atomic E-state index is 10.6. The summed E-state index contributed by atoms with van der Waals surface area (Å²) >= 11 is 0. The topological polar surface area (TPSA) is 139 Å². The van der Waals surface area contributed by atoms with Crippen LogP contribution in [0.15, 0.2) is 0 Å². The average Bonchev–Trinajstić information content (AvgIpc) is 2.52. The standard InChI is InChI=1S/C8H15NO7/c10-1-3(8(14)15)9-7-6(13)5(12)4(2-11)16-7/h3-7,9-13H,1-2H2,(H,14,15)/t3-,4-,5-,6+,7-/m0/s1. The Balaban J connectivity index is 2.58. The van der Waals surface area contributed by atoms with E-state index < -0.39 is 49.8 Å². The van der Waals surface area contributed by atoms with Gasteiger partial charge in [-0.05, 0) is 0 Å². The van der Waals surface area contributed by atoms with Gasteiger partial charge in [0, 0.05) is 0 Å². The van der Waals surface area contributed by atoms with Gasteiger partial charge < -0.3 is 30.3 Å². The summed E-state index contributed by atoms with van der Waals surface area (Å²) in [6, 6.07) is -1.30. The van der Waals surface area contributed by atoms with E-state index in [-0.39, 0.29) is 0 Å². The lowest BCUT2D eigenvalue weighted by Crippen LogP contribution is -2.50. The highest BCUT2D eigenvalue weighted by atomic mass is 16.6. The number of nitrogens with one attached hydrogen (secondary N) is 1. The van der Waals surface area contributed by atoms with Crippen LogP contribution in [-0.2, 0) is 9.53 Å². The molecule has 1 aliphatic rings. The Morgan fingerprint density at radius 2 is 1.94 bits per heavy atom. The van der Waals surface area contributed by atoms with Gasteiger partial charge in [-0.2, -0.15) is 0 Å². The molecule has 1 saturated heterocycles. The van der Waals surface area contributed by atoms with E-state index in [1.54, 1.807) is 0 Å². The number of aliphatic hydroxyl groups is 4. The molecular formula is C8H15NO7. The summed E-state index contributed by atoms with van der Waals surface area (Å²) in [6.45, 7) is -1.17. The van der Waals surface area contributed by atoms with Crippen LogP contribution in [0.4, 0.5) is 0 Å². The van der Waals surface area contributed by atoms with Crippen LogP contribution in [0, 0.1) is 0 Å². The van der Waals surface area contributed by atoms with E-state index in [2.05, 4.69) is 5.32 Å². The number of hydrogen-bond acceptors (Lipinski definition) is 7.